The van der Waals surface area contributed by atoms with Crippen molar-refractivity contribution in [1.29, 1.82) is 5.26 Å². The van der Waals surface area contributed by atoms with Crippen LogP contribution < -0.4 is 4.90 Å². The Hall–Kier alpha value is -0.920. The minimum absolute atomic E-state index is 0.322. The summed E-state index contributed by atoms with van der Waals surface area (Å²) in [5.74, 6) is 2.03. The molecule has 5 heteroatoms. The number of thioether (sulfide) groups is 1. The molecule has 0 amide bonds. The van der Waals surface area contributed by atoms with E-state index in [-0.39, 0.29) is 0 Å². The molecule has 1 aliphatic heterocycles. The first-order valence-electron chi connectivity index (χ1n) is 6.67. The zero-order chi connectivity index (χ0) is 13.7. The summed E-state index contributed by atoms with van der Waals surface area (Å²) < 4.78 is 0. The van der Waals surface area contributed by atoms with Crippen molar-refractivity contribution in [2.45, 2.75) is 31.4 Å². The van der Waals surface area contributed by atoms with Crippen molar-refractivity contribution in [2.24, 2.45) is 0 Å². The molecule has 0 aliphatic carbocycles. The Morgan fingerprint density at radius 2 is 2.37 bits per heavy atom. The van der Waals surface area contributed by atoms with Gasteiger partial charge in [-0.05, 0) is 30.7 Å². The second-order valence-electron chi connectivity index (χ2n) is 4.63. The molecule has 1 fully saturated rings. The Labute approximate surface area is 124 Å². The molecule has 1 aromatic rings. The highest BCUT2D eigenvalue weighted by Gasteiger charge is 2.19. The van der Waals surface area contributed by atoms with Gasteiger partial charge in [-0.2, -0.15) is 17.0 Å². The smallest absolute Gasteiger partial charge is 0.161 e. The molecule has 1 aromatic heterocycles. The number of nitrogens with zero attached hydrogens (tertiary/aromatic N) is 3. The number of rotatable bonds is 3. The van der Waals surface area contributed by atoms with Gasteiger partial charge in [0.25, 0.3) is 0 Å². The van der Waals surface area contributed by atoms with E-state index in [1.54, 1.807) is 6.07 Å². The third-order valence-corrected chi connectivity index (χ3v) is 4.79. The SMILES string of the molecule is CCSC1CCCCN(c2ccc(Cl)c(C#N)n2)C1. The zero-order valence-electron chi connectivity index (χ0n) is 11.1. The molecule has 0 bridgehead atoms. The maximum atomic E-state index is 9.01. The van der Waals surface area contributed by atoms with Gasteiger partial charge in [0.15, 0.2) is 5.69 Å². The van der Waals surface area contributed by atoms with Crippen molar-refractivity contribution in [3.63, 3.8) is 0 Å². The van der Waals surface area contributed by atoms with Crippen LogP contribution in [-0.2, 0) is 0 Å². The van der Waals surface area contributed by atoms with Gasteiger partial charge in [0.2, 0.25) is 0 Å². The van der Waals surface area contributed by atoms with Gasteiger partial charge >= 0.3 is 0 Å². The molecular weight excluding hydrogens is 278 g/mol. The second kappa shape index (κ2) is 7.02. The number of hydrogen-bond donors (Lipinski definition) is 0. The highest BCUT2D eigenvalue weighted by Crippen LogP contribution is 2.26. The summed E-state index contributed by atoms with van der Waals surface area (Å²) >= 11 is 7.95. The van der Waals surface area contributed by atoms with E-state index >= 15 is 0 Å². The minimum atomic E-state index is 0.322. The number of aromatic nitrogens is 1. The van der Waals surface area contributed by atoms with Crippen LogP contribution in [0.1, 0.15) is 31.9 Å². The van der Waals surface area contributed by atoms with E-state index in [1.807, 2.05) is 17.8 Å². The first-order valence-corrected chi connectivity index (χ1v) is 8.10. The van der Waals surface area contributed by atoms with E-state index in [0.29, 0.717) is 16.0 Å². The van der Waals surface area contributed by atoms with Crippen LogP contribution in [0.2, 0.25) is 5.02 Å². The summed E-state index contributed by atoms with van der Waals surface area (Å²) in [4.78, 5) is 6.66. The normalized spacial score (nSPS) is 19.8. The van der Waals surface area contributed by atoms with E-state index in [9.17, 15) is 0 Å². The van der Waals surface area contributed by atoms with Crippen LogP contribution in [-0.4, -0.2) is 29.1 Å². The van der Waals surface area contributed by atoms with Crippen LogP contribution in [0.3, 0.4) is 0 Å². The van der Waals surface area contributed by atoms with Crippen LogP contribution in [0.25, 0.3) is 0 Å². The van der Waals surface area contributed by atoms with Gasteiger partial charge in [0, 0.05) is 18.3 Å². The molecule has 1 unspecified atom stereocenters. The van der Waals surface area contributed by atoms with E-state index in [1.165, 1.54) is 19.3 Å². The molecule has 102 valence electrons. The molecule has 3 nitrogen and oxygen atoms in total. The Bertz CT molecular complexity index is 472. The minimum Gasteiger partial charge on any atom is -0.355 e. The van der Waals surface area contributed by atoms with Crippen molar-refractivity contribution in [2.75, 3.05) is 23.7 Å². The lowest BCUT2D eigenvalue weighted by atomic mass is 10.2. The maximum Gasteiger partial charge on any atom is 0.161 e. The standard InChI is InChI=1S/C14H18ClN3S/c1-2-19-11-5-3-4-8-18(10-11)14-7-6-12(15)13(9-16)17-14/h6-7,11H,2-5,8,10H2,1H3. The Kier molecular flexibility index (Phi) is 5.35. The molecule has 0 saturated carbocycles. The number of halogens is 1. The molecular formula is C14H18ClN3S. The fraction of sp³-hybridized carbons (Fsp3) is 0.571. The first-order chi connectivity index (χ1) is 9.24. The first kappa shape index (κ1) is 14.5. The van der Waals surface area contributed by atoms with E-state index in [4.69, 9.17) is 16.9 Å². The van der Waals surface area contributed by atoms with Crippen LogP contribution in [0.15, 0.2) is 12.1 Å². The van der Waals surface area contributed by atoms with Gasteiger partial charge in [-0.25, -0.2) is 4.98 Å². The summed E-state index contributed by atoms with van der Waals surface area (Å²) in [7, 11) is 0. The molecule has 0 spiro atoms. The molecule has 1 aliphatic rings. The van der Waals surface area contributed by atoms with E-state index in [2.05, 4.69) is 22.9 Å². The molecule has 1 saturated heterocycles. The average molecular weight is 296 g/mol. The number of anilines is 1. The van der Waals surface area contributed by atoms with Crippen LogP contribution >= 0.6 is 23.4 Å². The Balaban J connectivity index is 2.17. The zero-order valence-corrected chi connectivity index (χ0v) is 12.7. The predicted octanol–water partition coefficient (Wildman–Crippen LogP) is 3.72. The third-order valence-electron chi connectivity index (χ3n) is 3.29. The lowest BCUT2D eigenvalue weighted by Gasteiger charge is -2.25. The molecule has 2 heterocycles. The topological polar surface area (TPSA) is 39.9 Å². The largest absolute Gasteiger partial charge is 0.355 e. The second-order valence-corrected chi connectivity index (χ2v) is 6.62. The van der Waals surface area contributed by atoms with Crippen LogP contribution in [0.4, 0.5) is 5.82 Å². The van der Waals surface area contributed by atoms with Gasteiger partial charge in [-0.1, -0.05) is 24.9 Å². The highest BCUT2D eigenvalue weighted by molar-refractivity contribution is 7.99. The van der Waals surface area contributed by atoms with E-state index in [0.717, 1.165) is 24.7 Å². The molecule has 2 rings (SSSR count). The van der Waals surface area contributed by atoms with Crippen molar-refractivity contribution in [3.05, 3.63) is 22.8 Å². The monoisotopic (exact) mass is 295 g/mol. The summed E-state index contributed by atoms with van der Waals surface area (Å²) in [5.41, 5.74) is 0.322. The summed E-state index contributed by atoms with van der Waals surface area (Å²) in [6, 6.07) is 5.74. The maximum absolute atomic E-state index is 9.01. The summed E-state index contributed by atoms with van der Waals surface area (Å²) in [6.45, 7) is 4.23. The number of pyridine rings is 1. The molecule has 19 heavy (non-hydrogen) atoms. The van der Waals surface area contributed by atoms with Gasteiger partial charge in [-0.15, -0.1) is 0 Å². The van der Waals surface area contributed by atoms with Gasteiger partial charge in [0.05, 0.1) is 5.02 Å². The summed E-state index contributed by atoms with van der Waals surface area (Å²) in [5, 5.41) is 10.1. The fourth-order valence-electron chi connectivity index (χ4n) is 2.37. The third kappa shape index (κ3) is 3.77. The quantitative estimate of drug-likeness (QED) is 0.852. The molecule has 0 aromatic carbocycles. The Morgan fingerprint density at radius 1 is 1.53 bits per heavy atom. The average Bonchev–Trinajstić information content (AvgIpc) is 2.65. The number of hydrogen-bond acceptors (Lipinski definition) is 4. The van der Waals surface area contributed by atoms with Crippen molar-refractivity contribution in [1.82, 2.24) is 4.98 Å². The van der Waals surface area contributed by atoms with Gasteiger partial charge < -0.3 is 4.90 Å². The van der Waals surface area contributed by atoms with Crippen molar-refractivity contribution < 1.29 is 0 Å². The highest BCUT2D eigenvalue weighted by atomic mass is 35.5. The van der Waals surface area contributed by atoms with Crippen LogP contribution in [0, 0.1) is 11.3 Å². The Morgan fingerprint density at radius 3 is 3.11 bits per heavy atom. The van der Waals surface area contributed by atoms with Gasteiger partial charge in [0.1, 0.15) is 11.9 Å². The molecule has 0 radical (unpaired) electrons. The lowest BCUT2D eigenvalue weighted by Crippen LogP contribution is -2.30. The summed E-state index contributed by atoms with van der Waals surface area (Å²) in [6.07, 6.45) is 3.73. The van der Waals surface area contributed by atoms with Gasteiger partial charge in [-0.3, -0.25) is 0 Å². The molecule has 0 N–H and O–H groups in total. The van der Waals surface area contributed by atoms with Crippen molar-refractivity contribution >= 4 is 29.2 Å². The van der Waals surface area contributed by atoms with Crippen molar-refractivity contribution in [3.8, 4) is 6.07 Å². The predicted molar refractivity (Wildman–Crippen MR) is 81.9 cm³/mol. The van der Waals surface area contributed by atoms with E-state index < -0.39 is 0 Å². The number of nitriles is 1. The van der Waals surface area contributed by atoms with Crippen LogP contribution in [0.5, 0.6) is 0 Å². The fourth-order valence-corrected chi connectivity index (χ4v) is 3.61. The lowest BCUT2D eigenvalue weighted by molar-refractivity contribution is 0.735. The molecule has 1 atom stereocenters.